The highest BCUT2D eigenvalue weighted by atomic mass is 32.1. The van der Waals surface area contributed by atoms with E-state index in [2.05, 4.69) is 16.7 Å². The minimum absolute atomic E-state index is 0.118. The van der Waals surface area contributed by atoms with Crippen LogP contribution in [0.1, 0.15) is 5.56 Å². The fraction of sp³-hybridized carbons (Fsp3) is 0.118. The largest absolute Gasteiger partial charge is 0.484 e. The molecule has 116 valence electrons. The van der Waals surface area contributed by atoms with E-state index < -0.39 is 0 Å². The Hall–Kier alpha value is -2.91. The van der Waals surface area contributed by atoms with Crippen LogP contribution < -0.4 is 15.4 Å². The maximum atomic E-state index is 11.8. The number of thiocarbonyl (C=S) groups is 1. The number of para-hydroxylation sites is 1. The second-order valence-corrected chi connectivity index (χ2v) is 5.04. The highest BCUT2D eigenvalue weighted by Crippen LogP contribution is 2.10. The molecule has 0 saturated heterocycles. The number of benzene rings is 2. The number of ether oxygens (including phenoxy) is 1. The van der Waals surface area contributed by atoms with Gasteiger partial charge in [-0.2, -0.15) is 5.26 Å². The van der Waals surface area contributed by atoms with E-state index in [9.17, 15) is 4.79 Å². The predicted octanol–water partition coefficient (Wildman–Crippen LogP) is 2.64. The number of carbonyl (C=O) groups is 1. The van der Waals surface area contributed by atoms with E-state index in [1.165, 1.54) is 0 Å². The molecule has 0 aromatic heterocycles. The molecular weight excluding hydrogens is 310 g/mol. The zero-order valence-electron chi connectivity index (χ0n) is 12.3. The molecule has 0 aliphatic heterocycles. The first-order valence-corrected chi connectivity index (χ1v) is 7.33. The first-order chi connectivity index (χ1) is 11.2. The maximum Gasteiger partial charge on any atom is 0.264 e. The normalized spacial score (nSPS) is 9.52. The van der Waals surface area contributed by atoms with E-state index in [1.54, 1.807) is 24.3 Å². The molecule has 2 aromatic rings. The topological polar surface area (TPSA) is 74.2 Å². The highest BCUT2D eigenvalue weighted by molar-refractivity contribution is 7.80. The molecule has 2 rings (SSSR count). The summed E-state index contributed by atoms with van der Waals surface area (Å²) in [5.74, 6) is 0.280. The second-order valence-electron chi connectivity index (χ2n) is 4.64. The van der Waals surface area contributed by atoms with Gasteiger partial charge in [0, 0.05) is 5.69 Å². The quantitative estimate of drug-likeness (QED) is 0.827. The van der Waals surface area contributed by atoms with Gasteiger partial charge in [-0.25, -0.2) is 0 Å². The SMILES string of the molecule is N#CCc1ccc(NC(=S)NC(=O)COc2ccccc2)cc1. The molecule has 2 N–H and O–H groups in total. The number of nitrogens with one attached hydrogen (secondary N) is 2. The molecule has 0 fully saturated rings. The summed E-state index contributed by atoms with van der Waals surface area (Å²) in [6, 6.07) is 18.4. The summed E-state index contributed by atoms with van der Waals surface area (Å²) in [5, 5.41) is 14.3. The van der Waals surface area contributed by atoms with Crippen molar-refractivity contribution in [1.29, 1.82) is 5.26 Å². The molecule has 0 radical (unpaired) electrons. The molecule has 0 spiro atoms. The van der Waals surface area contributed by atoms with Crippen LogP contribution in [0.4, 0.5) is 5.69 Å². The van der Waals surface area contributed by atoms with E-state index >= 15 is 0 Å². The van der Waals surface area contributed by atoms with Crippen molar-refractivity contribution >= 4 is 28.9 Å². The van der Waals surface area contributed by atoms with Crippen molar-refractivity contribution in [3.05, 3.63) is 60.2 Å². The number of rotatable bonds is 5. The number of amides is 1. The lowest BCUT2D eigenvalue weighted by Crippen LogP contribution is -2.37. The van der Waals surface area contributed by atoms with Gasteiger partial charge in [0.25, 0.3) is 5.91 Å². The summed E-state index contributed by atoms with van der Waals surface area (Å²) in [5.41, 5.74) is 1.66. The number of carbonyl (C=O) groups excluding carboxylic acids is 1. The number of anilines is 1. The maximum absolute atomic E-state index is 11.8. The third kappa shape index (κ3) is 5.77. The van der Waals surface area contributed by atoms with Crippen molar-refractivity contribution < 1.29 is 9.53 Å². The summed E-state index contributed by atoms with van der Waals surface area (Å²) in [7, 11) is 0. The van der Waals surface area contributed by atoms with Gasteiger partial charge in [0.05, 0.1) is 12.5 Å². The Balaban J connectivity index is 1.77. The van der Waals surface area contributed by atoms with Gasteiger partial charge in [-0.15, -0.1) is 0 Å². The van der Waals surface area contributed by atoms with Crippen LogP contribution in [0, 0.1) is 11.3 Å². The molecule has 1 amide bonds. The molecule has 0 bridgehead atoms. The summed E-state index contributed by atoms with van der Waals surface area (Å²) < 4.78 is 5.33. The molecule has 23 heavy (non-hydrogen) atoms. The Bertz CT molecular complexity index is 709. The van der Waals surface area contributed by atoms with Gasteiger partial charge in [-0.3, -0.25) is 10.1 Å². The Morgan fingerprint density at radius 2 is 1.83 bits per heavy atom. The van der Waals surface area contributed by atoms with E-state index in [4.69, 9.17) is 22.2 Å². The smallest absolute Gasteiger partial charge is 0.264 e. The monoisotopic (exact) mass is 325 g/mol. The Kier molecular flexibility index (Phi) is 6.09. The average molecular weight is 325 g/mol. The molecule has 5 nitrogen and oxygen atoms in total. The number of nitriles is 1. The Morgan fingerprint density at radius 3 is 2.48 bits per heavy atom. The molecule has 0 heterocycles. The van der Waals surface area contributed by atoms with E-state index in [0.29, 0.717) is 12.2 Å². The molecular formula is C17H15N3O2S. The van der Waals surface area contributed by atoms with Crippen LogP contribution in [-0.2, 0) is 11.2 Å². The summed E-state index contributed by atoms with van der Waals surface area (Å²) >= 11 is 5.08. The van der Waals surface area contributed by atoms with E-state index in [1.807, 2.05) is 30.3 Å². The van der Waals surface area contributed by atoms with Crippen molar-refractivity contribution in [3.63, 3.8) is 0 Å². The number of hydrogen-bond acceptors (Lipinski definition) is 4. The van der Waals surface area contributed by atoms with Crippen molar-refractivity contribution in [1.82, 2.24) is 5.32 Å². The predicted molar refractivity (Wildman–Crippen MR) is 92.1 cm³/mol. The molecule has 0 unspecified atom stereocenters. The first-order valence-electron chi connectivity index (χ1n) is 6.92. The molecule has 0 aliphatic rings. The molecule has 0 atom stereocenters. The second kappa shape index (κ2) is 8.51. The van der Waals surface area contributed by atoms with Crippen molar-refractivity contribution in [2.75, 3.05) is 11.9 Å². The zero-order valence-corrected chi connectivity index (χ0v) is 13.1. The van der Waals surface area contributed by atoms with Gasteiger partial charge in [0.15, 0.2) is 11.7 Å². The highest BCUT2D eigenvalue weighted by Gasteiger charge is 2.06. The van der Waals surface area contributed by atoms with E-state index in [0.717, 1.165) is 11.3 Å². The molecule has 0 aliphatic carbocycles. The third-order valence-corrected chi connectivity index (χ3v) is 3.07. The minimum Gasteiger partial charge on any atom is -0.484 e. The van der Waals surface area contributed by atoms with Gasteiger partial charge in [-0.1, -0.05) is 30.3 Å². The fourth-order valence-electron chi connectivity index (χ4n) is 1.79. The summed E-state index contributed by atoms with van der Waals surface area (Å²) in [6.07, 6.45) is 0.359. The lowest BCUT2D eigenvalue weighted by atomic mass is 10.1. The lowest BCUT2D eigenvalue weighted by molar-refractivity contribution is -0.121. The van der Waals surface area contributed by atoms with Gasteiger partial charge >= 0.3 is 0 Å². The minimum atomic E-state index is -0.340. The van der Waals surface area contributed by atoms with Gasteiger partial charge in [-0.05, 0) is 42.0 Å². The number of nitrogens with zero attached hydrogens (tertiary/aromatic N) is 1. The zero-order chi connectivity index (χ0) is 16.5. The van der Waals surface area contributed by atoms with Crippen molar-refractivity contribution in [2.45, 2.75) is 6.42 Å². The molecule has 6 heteroatoms. The van der Waals surface area contributed by atoms with Crippen molar-refractivity contribution in [2.24, 2.45) is 0 Å². The Morgan fingerprint density at radius 1 is 1.13 bits per heavy atom. The van der Waals surface area contributed by atoms with Crippen LogP contribution in [0.15, 0.2) is 54.6 Å². The number of hydrogen-bond donors (Lipinski definition) is 2. The van der Waals surface area contributed by atoms with Crippen LogP contribution in [0.2, 0.25) is 0 Å². The van der Waals surface area contributed by atoms with Crippen LogP contribution in [0.25, 0.3) is 0 Å². The standard InChI is InChI=1S/C17H15N3O2S/c18-11-10-13-6-8-14(9-7-13)19-17(23)20-16(21)12-22-15-4-2-1-3-5-15/h1-9H,10,12H2,(H2,19,20,21,23). The average Bonchev–Trinajstić information content (AvgIpc) is 2.56. The fourth-order valence-corrected chi connectivity index (χ4v) is 2.02. The molecule has 0 saturated carbocycles. The van der Waals surface area contributed by atoms with Crippen molar-refractivity contribution in [3.8, 4) is 11.8 Å². The van der Waals surface area contributed by atoms with Crippen LogP contribution in [0.3, 0.4) is 0 Å². The van der Waals surface area contributed by atoms with Gasteiger partial charge in [0.1, 0.15) is 5.75 Å². The molecule has 2 aromatic carbocycles. The first kappa shape index (κ1) is 16.5. The van der Waals surface area contributed by atoms with Crippen LogP contribution in [-0.4, -0.2) is 17.6 Å². The van der Waals surface area contributed by atoms with Crippen LogP contribution >= 0.6 is 12.2 Å². The van der Waals surface area contributed by atoms with Crippen LogP contribution in [0.5, 0.6) is 5.75 Å². The third-order valence-electron chi connectivity index (χ3n) is 2.86. The Labute approximate surface area is 139 Å². The lowest BCUT2D eigenvalue weighted by Gasteiger charge is -2.10. The summed E-state index contributed by atoms with van der Waals surface area (Å²) in [6.45, 7) is -0.118. The van der Waals surface area contributed by atoms with Gasteiger partial charge < -0.3 is 10.1 Å². The van der Waals surface area contributed by atoms with E-state index in [-0.39, 0.29) is 17.6 Å². The van der Waals surface area contributed by atoms with Gasteiger partial charge in [0.2, 0.25) is 0 Å². The summed E-state index contributed by atoms with van der Waals surface area (Å²) in [4.78, 5) is 11.8.